The van der Waals surface area contributed by atoms with Gasteiger partial charge in [0, 0.05) is 42.3 Å². The molecule has 0 amide bonds. The van der Waals surface area contributed by atoms with Crippen molar-refractivity contribution < 1.29 is 4.74 Å². The molecule has 7 heteroatoms. The second-order valence-electron chi connectivity index (χ2n) is 6.53. The van der Waals surface area contributed by atoms with E-state index < -0.39 is 0 Å². The quantitative estimate of drug-likeness (QED) is 0.506. The summed E-state index contributed by atoms with van der Waals surface area (Å²) in [5.41, 5.74) is 13.8. The molecule has 0 spiro atoms. The Kier molecular flexibility index (Phi) is 6.26. The van der Waals surface area contributed by atoms with E-state index in [0.717, 1.165) is 30.9 Å². The maximum absolute atomic E-state index is 8.63. The van der Waals surface area contributed by atoms with Crippen molar-refractivity contribution in [1.29, 1.82) is 5.41 Å². The Balaban J connectivity index is 1.78. The number of anilines is 2. The first-order valence-corrected chi connectivity index (χ1v) is 9.35. The van der Waals surface area contributed by atoms with Crippen molar-refractivity contribution in [3.05, 3.63) is 59.9 Å². The van der Waals surface area contributed by atoms with E-state index in [1.807, 2.05) is 31.2 Å². The molecule has 0 bridgehead atoms. The molecule has 0 radical (unpaired) electrons. The third kappa shape index (κ3) is 4.49. The summed E-state index contributed by atoms with van der Waals surface area (Å²) in [4.78, 5) is 11.2. The monoisotopic (exact) mass is 378 g/mol. The first-order valence-electron chi connectivity index (χ1n) is 9.35. The van der Waals surface area contributed by atoms with Crippen LogP contribution >= 0.6 is 0 Å². The summed E-state index contributed by atoms with van der Waals surface area (Å²) >= 11 is 0. The lowest BCUT2D eigenvalue weighted by molar-refractivity contribution is 0.340. The van der Waals surface area contributed by atoms with Crippen molar-refractivity contribution in [2.45, 2.75) is 19.4 Å². The van der Waals surface area contributed by atoms with Crippen LogP contribution in [0.3, 0.4) is 0 Å². The number of aromatic nitrogens is 1. The highest BCUT2D eigenvalue weighted by atomic mass is 16.5. The van der Waals surface area contributed by atoms with Crippen LogP contribution < -0.4 is 21.1 Å². The van der Waals surface area contributed by atoms with E-state index in [2.05, 4.69) is 14.9 Å². The molecular formula is C21H26N6O. The number of aliphatic imine (C=N–C) groups is 1. The highest BCUT2D eigenvalue weighted by molar-refractivity contribution is 6.14. The minimum Gasteiger partial charge on any atom is -0.494 e. The summed E-state index contributed by atoms with van der Waals surface area (Å²) in [5.74, 6) is 1.55. The van der Waals surface area contributed by atoms with E-state index in [0.29, 0.717) is 29.3 Å². The predicted molar refractivity (Wildman–Crippen MR) is 115 cm³/mol. The number of ether oxygens (including phenoxy) is 1. The van der Waals surface area contributed by atoms with Crippen molar-refractivity contribution in [2.75, 3.05) is 30.3 Å². The lowest BCUT2D eigenvalue weighted by Gasteiger charge is -2.18. The van der Waals surface area contributed by atoms with Gasteiger partial charge in [-0.25, -0.2) is 4.98 Å². The number of nitrogens with one attached hydrogen (secondary N) is 1. The third-order valence-electron chi connectivity index (χ3n) is 4.62. The average molecular weight is 378 g/mol. The van der Waals surface area contributed by atoms with Crippen LogP contribution in [0.25, 0.3) is 0 Å². The first-order chi connectivity index (χ1) is 13.6. The van der Waals surface area contributed by atoms with E-state index in [-0.39, 0.29) is 6.04 Å². The standard InChI is InChI=1S/C21H26N6O/c1-2-28-17-4-5-19(23)18(13-17)21(24)15-6-10-26-20(12-15)27-11-7-16(14-27)25-9-3-8-22/h3-6,8-10,12-13,16,24H,2,7,11,14,22-23H2,1H3. The van der Waals surface area contributed by atoms with Crippen molar-refractivity contribution in [3.63, 3.8) is 0 Å². The highest BCUT2D eigenvalue weighted by Gasteiger charge is 2.23. The van der Waals surface area contributed by atoms with Crippen molar-refractivity contribution in [2.24, 2.45) is 10.7 Å². The molecule has 1 unspecified atom stereocenters. The van der Waals surface area contributed by atoms with Crippen LogP contribution in [0.2, 0.25) is 0 Å². The Morgan fingerprint density at radius 3 is 3.04 bits per heavy atom. The predicted octanol–water partition coefficient (Wildman–Crippen LogP) is 2.60. The molecule has 2 aromatic rings. The summed E-state index contributed by atoms with van der Waals surface area (Å²) in [7, 11) is 0. The normalized spacial score (nSPS) is 16.9. The van der Waals surface area contributed by atoms with Gasteiger partial charge in [0.05, 0.1) is 18.4 Å². The summed E-state index contributed by atoms with van der Waals surface area (Å²) in [6.45, 7) is 4.16. The van der Waals surface area contributed by atoms with Gasteiger partial charge in [-0.15, -0.1) is 0 Å². The van der Waals surface area contributed by atoms with Crippen molar-refractivity contribution in [3.8, 4) is 5.75 Å². The number of pyridine rings is 1. The average Bonchev–Trinajstić information content (AvgIpc) is 3.18. The van der Waals surface area contributed by atoms with Crippen LogP contribution in [-0.2, 0) is 0 Å². The van der Waals surface area contributed by atoms with Crippen molar-refractivity contribution >= 4 is 23.4 Å². The number of hydrogen-bond donors (Lipinski definition) is 3. The van der Waals surface area contributed by atoms with E-state index in [1.165, 1.54) is 6.20 Å². The van der Waals surface area contributed by atoms with Gasteiger partial charge in [0.1, 0.15) is 11.6 Å². The SMILES string of the molecule is CCOc1ccc(N)c(C(=N)c2ccnc(N3CCC(N=CC=CN)C3)c2)c1. The van der Waals surface area contributed by atoms with Gasteiger partial charge in [-0.05, 0) is 56.0 Å². The molecule has 1 aliphatic heterocycles. The number of nitrogen functional groups attached to an aromatic ring is 1. The highest BCUT2D eigenvalue weighted by Crippen LogP contribution is 2.25. The zero-order valence-electron chi connectivity index (χ0n) is 16.0. The second kappa shape index (κ2) is 9.03. The molecule has 1 saturated heterocycles. The van der Waals surface area contributed by atoms with Gasteiger partial charge in [-0.1, -0.05) is 0 Å². The van der Waals surface area contributed by atoms with Crippen molar-refractivity contribution in [1.82, 2.24) is 4.98 Å². The number of allylic oxidation sites excluding steroid dienone is 1. The molecular weight excluding hydrogens is 352 g/mol. The van der Waals surface area contributed by atoms with Gasteiger partial charge in [-0.2, -0.15) is 0 Å². The maximum Gasteiger partial charge on any atom is 0.129 e. The Bertz CT molecular complexity index is 892. The fraction of sp³-hybridized carbons (Fsp3) is 0.286. The smallest absolute Gasteiger partial charge is 0.129 e. The molecule has 1 aliphatic rings. The van der Waals surface area contributed by atoms with Gasteiger partial charge in [0.15, 0.2) is 0 Å². The van der Waals surface area contributed by atoms with E-state index in [4.69, 9.17) is 21.6 Å². The molecule has 3 rings (SSSR count). The second-order valence-corrected chi connectivity index (χ2v) is 6.53. The summed E-state index contributed by atoms with van der Waals surface area (Å²) in [6, 6.07) is 9.39. The van der Waals surface area contributed by atoms with E-state index in [9.17, 15) is 0 Å². The molecule has 0 saturated carbocycles. The molecule has 1 fully saturated rings. The zero-order valence-corrected chi connectivity index (χ0v) is 16.0. The van der Waals surface area contributed by atoms with Gasteiger partial charge in [0.2, 0.25) is 0 Å². The Morgan fingerprint density at radius 2 is 2.25 bits per heavy atom. The lowest BCUT2D eigenvalue weighted by atomic mass is 10.0. The van der Waals surface area contributed by atoms with E-state index in [1.54, 1.807) is 24.6 Å². The lowest BCUT2D eigenvalue weighted by Crippen LogP contribution is -2.22. The fourth-order valence-electron chi connectivity index (χ4n) is 3.20. The zero-order chi connectivity index (χ0) is 19.9. The van der Waals surface area contributed by atoms with Crippen LogP contribution in [0.4, 0.5) is 11.5 Å². The topological polar surface area (TPSA) is 114 Å². The fourth-order valence-corrected chi connectivity index (χ4v) is 3.20. The maximum atomic E-state index is 8.63. The van der Waals surface area contributed by atoms with Crippen LogP contribution in [0.1, 0.15) is 24.5 Å². The molecule has 2 heterocycles. The van der Waals surface area contributed by atoms with Gasteiger partial charge in [-0.3, -0.25) is 10.4 Å². The van der Waals surface area contributed by atoms with Gasteiger partial charge in [0.25, 0.3) is 0 Å². The number of rotatable bonds is 7. The summed E-state index contributed by atoms with van der Waals surface area (Å²) < 4.78 is 5.55. The molecule has 1 aromatic carbocycles. The molecule has 1 aromatic heterocycles. The number of hydrogen-bond acceptors (Lipinski definition) is 7. The number of nitrogens with two attached hydrogens (primary N) is 2. The summed E-state index contributed by atoms with van der Waals surface area (Å²) in [5, 5.41) is 8.63. The number of benzene rings is 1. The Morgan fingerprint density at radius 1 is 1.39 bits per heavy atom. The third-order valence-corrected chi connectivity index (χ3v) is 4.62. The molecule has 7 nitrogen and oxygen atoms in total. The Labute approximate surface area is 165 Å². The first kappa shape index (κ1) is 19.4. The molecule has 0 aliphatic carbocycles. The van der Waals surface area contributed by atoms with E-state index >= 15 is 0 Å². The number of nitrogens with zero attached hydrogens (tertiary/aromatic N) is 3. The molecule has 1 atom stereocenters. The van der Waals surface area contributed by atoms with Gasteiger partial charge < -0.3 is 21.1 Å². The molecule has 28 heavy (non-hydrogen) atoms. The molecule has 146 valence electrons. The van der Waals surface area contributed by atoms with Crippen LogP contribution in [0, 0.1) is 5.41 Å². The molecule has 5 N–H and O–H groups in total. The van der Waals surface area contributed by atoms with Crippen LogP contribution in [0.5, 0.6) is 5.75 Å². The van der Waals surface area contributed by atoms with Gasteiger partial charge >= 0.3 is 0 Å². The largest absolute Gasteiger partial charge is 0.494 e. The van der Waals surface area contributed by atoms with Crippen LogP contribution in [0.15, 0.2) is 53.8 Å². The minimum atomic E-state index is 0.222. The van der Waals surface area contributed by atoms with Crippen LogP contribution in [-0.4, -0.2) is 42.6 Å². The summed E-state index contributed by atoms with van der Waals surface area (Å²) in [6.07, 6.45) is 7.63. The Hall–Kier alpha value is -3.35. The minimum absolute atomic E-state index is 0.222.